The third-order valence-corrected chi connectivity index (χ3v) is 4.05. The lowest BCUT2D eigenvalue weighted by atomic mass is 9.68. The molecular formula is C18H21NO2. The lowest BCUT2D eigenvalue weighted by Gasteiger charge is -2.33. The number of carbonyl (C=O) groups excluding carboxylic acids is 2. The number of rotatable bonds is 1. The van der Waals surface area contributed by atoms with E-state index in [4.69, 9.17) is 5.73 Å². The van der Waals surface area contributed by atoms with E-state index in [0.29, 0.717) is 12.8 Å². The minimum atomic E-state index is -0.613. The highest BCUT2D eigenvalue weighted by molar-refractivity contribution is 6.10. The molecule has 1 fully saturated rings. The molecule has 0 bridgehead atoms. The fourth-order valence-corrected chi connectivity index (χ4v) is 3.30. The van der Waals surface area contributed by atoms with Crippen molar-refractivity contribution in [1.82, 2.24) is 0 Å². The van der Waals surface area contributed by atoms with Crippen molar-refractivity contribution in [1.29, 1.82) is 0 Å². The van der Waals surface area contributed by atoms with Crippen LogP contribution in [-0.2, 0) is 9.59 Å². The highest BCUT2D eigenvalue weighted by Gasteiger charge is 2.41. The van der Waals surface area contributed by atoms with Crippen LogP contribution in [0.15, 0.2) is 12.1 Å². The van der Waals surface area contributed by atoms with Crippen molar-refractivity contribution in [3.8, 4) is 12.0 Å². The first kappa shape index (κ1) is 15.3. The van der Waals surface area contributed by atoms with Gasteiger partial charge in [0.2, 0.25) is 0 Å². The molecule has 0 unspecified atom stereocenters. The zero-order valence-electron chi connectivity index (χ0n) is 13.0. The molecule has 0 saturated heterocycles. The van der Waals surface area contributed by atoms with Crippen LogP contribution in [0.2, 0.25) is 0 Å². The number of aryl methyl sites for hydroxylation is 2. The summed E-state index contributed by atoms with van der Waals surface area (Å²) in [6.45, 7) is 7.78. The standard InChI is InChI=1S/C18H21NO2/c1-11-7-13(5-6-19)8-12(2)16(11)17-14(20)9-18(3,4)10-15(17)21/h7-8,17H,9-10,19H2,1-4H3. The molecule has 0 aromatic heterocycles. The van der Waals surface area contributed by atoms with Crippen LogP contribution in [0.1, 0.15) is 54.9 Å². The van der Waals surface area contributed by atoms with Crippen molar-refractivity contribution in [2.24, 2.45) is 11.1 Å². The minimum absolute atomic E-state index is 0.0279. The summed E-state index contributed by atoms with van der Waals surface area (Å²) >= 11 is 0. The number of carbonyl (C=O) groups is 2. The second-order valence-electron chi connectivity index (χ2n) is 6.68. The van der Waals surface area contributed by atoms with Crippen LogP contribution in [-0.4, -0.2) is 11.6 Å². The number of nitrogens with two attached hydrogens (primary N) is 1. The Kier molecular flexibility index (Phi) is 3.91. The molecule has 1 aliphatic carbocycles. The Bertz CT molecular complexity index is 631. The highest BCUT2D eigenvalue weighted by atomic mass is 16.2. The van der Waals surface area contributed by atoms with E-state index < -0.39 is 5.92 Å². The number of benzene rings is 1. The predicted molar refractivity (Wildman–Crippen MR) is 82.8 cm³/mol. The number of Topliss-reactive ketones (excluding diaryl/α,β-unsaturated/α-hetero) is 2. The Balaban J connectivity index is 2.49. The van der Waals surface area contributed by atoms with Crippen LogP contribution in [0.4, 0.5) is 0 Å². The second kappa shape index (κ2) is 5.37. The maximum absolute atomic E-state index is 12.5. The van der Waals surface area contributed by atoms with Gasteiger partial charge in [0.1, 0.15) is 17.5 Å². The van der Waals surface area contributed by atoms with Gasteiger partial charge >= 0.3 is 0 Å². The van der Waals surface area contributed by atoms with Gasteiger partial charge in [-0.05, 0) is 54.0 Å². The summed E-state index contributed by atoms with van der Waals surface area (Å²) in [5.41, 5.74) is 8.54. The van der Waals surface area contributed by atoms with E-state index in [1.807, 2.05) is 39.8 Å². The molecule has 0 aliphatic heterocycles. The predicted octanol–water partition coefficient (Wildman–Crippen LogP) is 2.61. The Labute approximate surface area is 125 Å². The molecule has 2 rings (SSSR count). The largest absolute Gasteiger partial charge is 0.359 e. The lowest BCUT2D eigenvalue weighted by Crippen LogP contribution is -2.36. The van der Waals surface area contributed by atoms with Gasteiger partial charge in [-0.2, -0.15) is 0 Å². The summed E-state index contributed by atoms with van der Waals surface area (Å²) in [6.07, 6.45) is 0.902. The number of hydrogen-bond acceptors (Lipinski definition) is 3. The van der Waals surface area contributed by atoms with Gasteiger partial charge < -0.3 is 5.73 Å². The normalized spacial score (nSPS) is 18.3. The summed E-state index contributed by atoms with van der Waals surface area (Å²) in [5.74, 6) is 2.26. The van der Waals surface area contributed by atoms with E-state index in [9.17, 15) is 9.59 Å². The van der Waals surface area contributed by atoms with Gasteiger partial charge in [-0.15, -0.1) is 0 Å². The van der Waals surface area contributed by atoms with Crippen LogP contribution in [0.5, 0.6) is 0 Å². The van der Waals surface area contributed by atoms with Gasteiger partial charge in [0.15, 0.2) is 0 Å². The number of ketones is 2. The van der Waals surface area contributed by atoms with E-state index in [1.165, 1.54) is 0 Å². The highest BCUT2D eigenvalue weighted by Crippen LogP contribution is 2.40. The third-order valence-electron chi connectivity index (χ3n) is 4.05. The van der Waals surface area contributed by atoms with Gasteiger partial charge in [0.25, 0.3) is 0 Å². The fraction of sp³-hybridized carbons (Fsp3) is 0.444. The van der Waals surface area contributed by atoms with E-state index in [0.717, 1.165) is 22.3 Å². The average molecular weight is 283 g/mol. The smallest absolute Gasteiger partial charge is 0.148 e. The molecule has 1 aliphatic rings. The van der Waals surface area contributed by atoms with Gasteiger partial charge in [-0.3, -0.25) is 9.59 Å². The molecule has 1 aromatic rings. The van der Waals surface area contributed by atoms with E-state index in [1.54, 1.807) is 0 Å². The molecule has 0 radical (unpaired) electrons. The second-order valence-corrected chi connectivity index (χ2v) is 6.68. The maximum Gasteiger partial charge on any atom is 0.148 e. The Morgan fingerprint density at radius 3 is 2.00 bits per heavy atom. The zero-order chi connectivity index (χ0) is 15.8. The first-order chi connectivity index (χ1) is 9.75. The van der Waals surface area contributed by atoms with Crippen LogP contribution in [0.3, 0.4) is 0 Å². The third kappa shape index (κ3) is 3.00. The van der Waals surface area contributed by atoms with Gasteiger partial charge in [-0.1, -0.05) is 13.8 Å². The van der Waals surface area contributed by atoms with Crippen molar-refractivity contribution in [2.75, 3.05) is 0 Å². The van der Waals surface area contributed by atoms with Crippen LogP contribution >= 0.6 is 0 Å². The molecular weight excluding hydrogens is 262 g/mol. The van der Waals surface area contributed by atoms with Crippen molar-refractivity contribution < 1.29 is 9.59 Å². The van der Waals surface area contributed by atoms with Crippen LogP contribution < -0.4 is 5.73 Å². The molecule has 2 N–H and O–H groups in total. The summed E-state index contributed by atoms with van der Waals surface area (Å²) in [4.78, 5) is 24.9. The maximum atomic E-state index is 12.5. The monoisotopic (exact) mass is 283 g/mol. The molecule has 1 saturated carbocycles. The molecule has 0 atom stereocenters. The summed E-state index contributed by atoms with van der Waals surface area (Å²) < 4.78 is 0. The molecule has 3 heteroatoms. The first-order valence-corrected chi connectivity index (χ1v) is 7.13. The topological polar surface area (TPSA) is 60.2 Å². The van der Waals surface area contributed by atoms with Gasteiger partial charge in [-0.25, -0.2) is 0 Å². The zero-order valence-corrected chi connectivity index (χ0v) is 13.0. The molecule has 0 heterocycles. The molecule has 0 spiro atoms. The summed E-state index contributed by atoms with van der Waals surface area (Å²) in [5, 5.41) is 0. The first-order valence-electron chi connectivity index (χ1n) is 7.13. The summed E-state index contributed by atoms with van der Waals surface area (Å²) in [6, 6.07) is 6.16. The molecule has 3 nitrogen and oxygen atoms in total. The summed E-state index contributed by atoms with van der Waals surface area (Å²) in [7, 11) is 0. The van der Waals surface area contributed by atoms with E-state index in [-0.39, 0.29) is 17.0 Å². The molecule has 1 aromatic carbocycles. The lowest BCUT2D eigenvalue weighted by molar-refractivity contribution is -0.135. The SMILES string of the molecule is Cc1cc(C#CN)cc(C)c1C1C(=O)CC(C)(C)CC1=O. The molecule has 21 heavy (non-hydrogen) atoms. The van der Waals surface area contributed by atoms with Gasteiger partial charge in [0.05, 0.1) is 0 Å². The molecule has 110 valence electrons. The Morgan fingerprint density at radius 1 is 1.10 bits per heavy atom. The Hall–Kier alpha value is -2.08. The quantitative estimate of drug-likeness (QED) is 0.489. The van der Waals surface area contributed by atoms with E-state index >= 15 is 0 Å². The van der Waals surface area contributed by atoms with Gasteiger partial charge in [0, 0.05) is 24.4 Å². The minimum Gasteiger partial charge on any atom is -0.359 e. The van der Waals surface area contributed by atoms with Crippen molar-refractivity contribution in [3.63, 3.8) is 0 Å². The van der Waals surface area contributed by atoms with Crippen LogP contribution in [0, 0.1) is 31.2 Å². The van der Waals surface area contributed by atoms with Crippen molar-refractivity contribution in [2.45, 2.75) is 46.5 Å². The van der Waals surface area contributed by atoms with Crippen molar-refractivity contribution in [3.05, 3.63) is 34.4 Å². The van der Waals surface area contributed by atoms with Crippen LogP contribution in [0.25, 0.3) is 0 Å². The average Bonchev–Trinajstić information content (AvgIpc) is 2.30. The molecule has 0 amide bonds. The van der Waals surface area contributed by atoms with Crippen molar-refractivity contribution >= 4 is 11.6 Å². The number of hydrogen-bond donors (Lipinski definition) is 1. The Morgan fingerprint density at radius 2 is 1.57 bits per heavy atom. The fourth-order valence-electron chi connectivity index (χ4n) is 3.30. The van der Waals surface area contributed by atoms with E-state index in [2.05, 4.69) is 12.0 Å².